The lowest BCUT2D eigenvalue weighted by molar-refractivity contribution is -0.119. The number of piperidine rings is 1. The van der Waals surface area contributed by atoms with Gasteiger partial charge in [0.1, 0.15) is 0 Å². The second-order valence-corrected chi connectivity index (χ2v) is 10.3. The number of ketones is 1. The number of aromatic nitrogens is 1. The number of hydrogen-bond acceptors (Lipinski definition) is 6. The molecule has 1 unspecified atom stereocenters. The van der Waals surface area contributed by atoms with E-state index >= 15 is 0 Å². The van der Waals surface area contributed by atoms with E-state index in [9.17, 15) is 14.4 Å². The number of fused-ring (bicyclic) bond motifs is 2. The first kappa shape index (κ1) is 26.7. The Labute approximate surface area is 229 Å². The average molecular weight is 526 g/mol. The normalized spacial score (nSPS) is 16.5. The molecular weight excluding hydrogens is 490 g/mol. The van der Waals surface area contributed by atoms with Crippen molar-refractivity contribution in [2.24, 2.45) is 5.92 Å². The number of carbonyl (C=O) groups is 3. The van der Waals surface area contributed by atoms with Crippen molar-refractivity contribution in [1.29, 1.82) is 0 Å². The summed E-state index contributed by atoms with van der Waals surface area (Å²) in [5.74, 6) is 0.839. The van der Waals surface area contributed by atoms with E-state index in [-0.39, 0.29) is 30.2 Å². The molecule has 39 heavy (non-hydrogen) atoms. The van der Waals surface area contributed by atoms with Gasteiger partial charge >= 0.3 is 0 Å². The molecule has 2 N–H and O–H groups in total. The highest BCUT2D eigenvalue weighted by atomic mass is 16.2. The highest BCUT2D eigenvalue weighted by Gasteiger charge is 2.31. The molecule has 2 aliphatic heterocycles. The zero-order valence-electron chi connectivity index (χ0n) is 22.3. The van der Waals surface area contributed by atoms with E-state index in [1.54, 1.807) is 41.4 Å². The molecule has 8 heteroatoms. The predicted octanol–water partition coefficient (Wildman–Crippen LogP) is 4.67. The quantitative estimate of drug-likeness (QED) is 0.312. The Morgan fingerprint density at radius 2 is 1.77 bits per heavy atom. The lowest BCUT2D eigenvalue weighted by atomic mass is 9.92. The summed E-state index contributed by atoms with van der Waals surface area (Å²) in [6, 6.07) is 19.9. The number of nitrogens with one attached hydrogen (secondary N) is 2. The van der Waals surface area contributed by atoms with Crippen molar-refractivity contribution in [3.63, 3.8) is 0 Å². The molecule has 0 spiro atoms. The van der Waals surface area contributed by atoms with Gasteiger partial charge in [-0.3, -0.25) is 24.2 Å². The van der Waals surface area contributed by atoms with Crippen LogP contribution in [-0.4, -0.2) is 59.7 Å². The summed E-state index contributed by atoms with van der Waals surface area (Å²) in [6.45, 7) is 4.72. The zero-order chi connectivity index (χ0) is 27.2. The number of pyridine rings is 1. The highest BCUT2D eigenvalue weighted by Crippen LogP contribution is 2.36. The van der Waals surface area contributed by atoms with Crippen LogP contribution in [0.2, 0.25) is 0 Å². The second-order valence-electron chi connectivity index (χ2n) is 10.3. The number of carbonyl (C=O) groups excluding carboxylic acids is 3. The largest absolute Gasteiger partial charge is 0.319 e. The molecule has 0 bridgehead atoms. The molecular formula is C31H35N5O3. The third-order valence-corrected chi connectivity index (χ3v) is 7.64. The standard InChI is InChI=1S/C31H35N5O3/c1-22(29(38)24-10-3-2-4-11-24)32-17-7-9-23-15-19-35(20-16-23)21-28(37)36-27-14-6-5-12-25(27)31(39)34-26-13-8-18-33-30(26)36/h2-6,8,10-14,18,22-23,32H,7,9,15-17,19-21H2,1H3,(H,34,39). The van der Waals surface area contributed by atoms with Crippen LogP contribution in [0.4, 0.5) is 17.2 Å². The van der Waals surface area contributed by atoms with Crippen LogP contribution in [-0.2, 0) is 4.79 Å². The van der Waals surface area contributed by atoms with Crippen molar-refractivity contribution in [3.8, 4) is 0 Å². The van der Waals surface area contributed by atoms with Gasteiger partial charge in [-0.1, -0.05) is 42.5 Å². The van der Waals surface area contributed by atoms with Crippen molar-refractivity contribution >= 4 is 34.8 Å². The molecule has 2 aliphatic rings. The summed E-state index contributed by atoms with van der Waals surface area (Å²) in [4.78, 5) is 47.2. The third kappa shape index (κ3) is 6.24. The summed E-state index contributed by atoms with van der Waals surface area (Å²) in [5, 5.41) is 6.26. The second kappa shape index (κ2) is 12.3. The Bertz CT molecular complexity index is 1320. The number of anilines is 3. The number of nitrogens with zero attached hydrogens (tertiary/aromatic N) is 3. The van der Waals surface area contributed by atoms with Crippen LogP contribution in [0, 0.1) is 5.92 Å². The summed E-state index contributed by atoms with van der Waals surface area (Å²) in [5.41, 5.74) is 2.28. The third-order valence-electron chi connectivity index (χ3n) is 7.64. The Morgan fingerprint density at radius 1 is 1.03 bits per heavy atom. The maximum absolute atomic E-state index is 13.6. The average Bonchev–Trinajstić information content (AvgIpc) is 3.09. The SMILES string of the molecule is CC(NCCCC1CCN(CC(=O)N2c3ccccc3C(=O)Nc3cccnc32)CC1)C(=O)c1ccccc1. The summed E-state index contributed by atoms with van der Waals surface area (Å²) in [6.07, 6.45) is 5.84. The summed E-state index contributed by atoms with van der Waals surface area (Å²) >= 11 is 0. The number of benzene rings is 2. The van der Waals surface area contributed by atoms with E-state index in [4.69, 9.17) is 0 Å². The maximum atomic E-state index is 13.6. The van der Waals surface area contributed by atoms with E-state index in [2.05, 4.69) is 20.5 Å². The van der Waals surface area contributed by atoms with Crippen molar-refractivity contribution in [3.05, 3.63) is 84.1 Å². The number of amides is 2. The first-order chi connectivity index (χ1) is 19.0. The fraction of sp³-hybridized carbons (Fsp3) is 0.355. The Balaban J connectivity index is 1.11. The number of rotatable bonds is 9. The summed E-state index contributed by atoms with van der Waals surface area (Å²) in [7, 11) is 0. The van der Waals surface area contributed by atoms with Gasteiger partial charge in [0.05, 0.1) is 29.5 Å². The fourth-order valence-corrected chi connectivity index (χ4v) is 5.44. The number of likely N-dealkylation sites (tertiary alicyclic amines) is 1. The van der Waals surface area contributed by atoms with E-state index in [1.165, 1.54) is 0 Å². The zero-order valence-corrected chi connectivity index (χ0v) is 22.3. The van der Waals surface area contributed by atoms with Gasteiger partial charge in [-0.05, 0) is 82.4 Å². The minimum absolute atomic E-state index is 0.0985. The molecule has 1 saturated heterocycles. The molecule has 5 rings (SSSR count). The van der Waals surface area contributed by atoms with Crippen LogP contribution in [0.1, 0.15) is 53.3 Å². The van der Waals surface area contributed by atoms with Crippen LogP contribution in [0.25, 0.3) is 0 Å². The van der Waals surface area contributed by atoms with Crippen LogP contribution in [0.5, 0.6) is 0 Å². The number of para-hydroxylation sites is 1. The minimum atomic E-state index is -0.246. The molecule has 3 aromatic rings. The molecule has 1 aromatic heterocycles. The van der Waals surface area contributed by atoms with E-state index in [0.29, 0.717) is 28.7 Å². The van der Waals surface area contributed by atoms with Gasteiger partial charge in [-0.25, -0.2) is 4.98 Å². The maximum Gasteiger partial charge on any atom is 0.257 e. The van der Waals surface area contributed by atoms with Crippen LogP contribution in [0.15, 0.2) is 72.9 Å². The van der Waals surface area contributed by atoms with Gasteiger partial charge in [0.25, 0.3) is 5.91 Å². The Kier molecular flexibility index (Phi) is 8.44. The molecule has 0 saturated carbocycles. The van der Waals surface area contributed by atoms with Gasteiger partial charge < -0.3 is 10.6 Å². The van der Waals surface area contributed by atoms with Crippen LogP contribution >= 0.6 is 0 Å². The van der Waals surface area contributed by atoms with Gasteiger partial charge in [0.15, 0.2) is 11.6 Å². The molecule has 2 aromatic carbocycles. The first-order valence-corrected chi connectivity index (χ1v) is 13.7. The Morgan fingerprint density at radius 3 is 2.56 bits per heavy atom. The van der Waals surface area contributed by atoms with Gasteiger partial charge in [-0.15, -0.1) is 0 Å². The molecule has 3 heterocycles. The Hall–Kier alpha value is -3.88. The smallest absolute Gasteiger partial charge is 0.257 e. The summed E-state index contributed by atoms with van der Waals surface area (Å²) < 4.78 is 0. The van der Waals surface area contributed by atoms with Crippen molar-refractivity contribution in [1.82, 2.24) is 15.2 Å². The predicted molar refractivity (Wildman–Crippen MR) is 152 cm³/mol. The highest BCUT2D eigenvalue weighted by molar-refractivity contribution is 6.17. The van der Waals surface area contributed by atoms with E-state index in [0.717, 1.165) is 50.9 Å². The monoisotopic (exact) mass is 525 g/mol. The van der Waals surface area contributed by atoms with Crippen molar-refractivity contribution in [2.75, 3.05) is 36.4 Å². The van der Waals surface area contributed by atoms with Crippen LogP contribution in [0.3, 0.4) is 0 Å². The molecule has 0 radical (unpaired) electrons. The van der Waals surface area contributed by atoms with Gasteiger partial charge in [0, 0.05) is 11.8 Å². The van der Waals surface area contributed by atoms with E-state index < -0.39 is 0 Å². The van der Waals surface area contributed by atoms with Gasteiger partial charge in [-0.2, -0.15) is 0 Å². The number of Topliss-reactive ketones (excluding diaryl/α,β-unsaturated/α-hetero) is 1. The fourth-order valence-electron chi connectivity index (χ4n) is 5.44. The first-order valence-electron chi connectivity index (χ1n) is 13.7. The molecule has 1 atom stereocenters. The molecule has 8 nitrogen and oxygen atoms in total. The molecule has 202 valence electrons. The van der Waals surface area contributed by atoms with Gasteiger partial charge in [0.2, 0.25) is 5.91 Å². The topological polar surface area (TPSA) is 94.6 Å². The van der Waals surface area contributed by atoms with E-state index in [1.807, 2.05) is 43.3 Å². The van der Waals surface area contributed by atoms with Crippen molar-refractivity contribution in [2.45, 2.75) is 38.6 Å². The molecule has 1 fully saturated rings. The van der Waals surface area contributed by atoms with Crippen molar-refractivity contribution < 1.29 is 14.4 Å². The number of hydrogen-bond donors (Lipinski definition) is 2. The molecule has 2 amide bonds. The lowest BCUT2D eigenvalue weighted by Gasteiger charge is -2.33. The van der Waals surface area contributed by atoms with Crippen LogP contribution < -0.4 is 15.5 Å². The minimum Gasteiger partial charge on any atom is -0.319 e. The molecule has 0 aliphatic carbocycles. The lowest BCUT2D eigenvalue weighted by Crippen LogP contribution is -2.42.